The first-order chi connectivity index (χ1) is 16.9. The molecule has 0 saturated heterocycles. The molecular formula is C22H31N5O8S. The van der Waals surface area contributed by atoms with Crippen LogP contribution in [-0.2, 0) is 35.2 Å². The molecule has 0 aliphatic carbocycles. The highest BCUT2D eigenvalue weighted by atomic mass is 32.2. The summed E-state index contributed by atoms with van der Waals surface area (Å²) in [6, 6.07) is 3.52. The molecule has 1 rings (SSSR count). The van der Waals surface area contributed by atoms with Crippen LogP contribution in [0.15, 0.2) is 30.3 Å². The molecule has 4 atom stereocenters. The molecule has 0 aromatic heterocycles. The molecule has 0 aliphatic rings. The van der Waals surface area contributed by atoms with Gasteiger partial charge in [-0.3, -0.25) is 24.0 Å². The van der Waals surface area contributed by atoms with E-state index in [1.807, 2.05) is 11.4 Å². The predicted octanol–water partition coefficient (Wildman–Crippen LogP) is -1.80. The van der Waals surface area contributed by atoms with E-state index in [9.17, 15) is 28.8 Å². The van der Waals surface area contributed by atoms with E-state index in [0.29, 0.717) is 5.75 Å². The predicted molar refractivity (Wildman–Crippen MR) is 131 cm³/mol. The van der Waals surface area contributed by atoms with Crippen LogP contribution < -0.4 is 27.4 Å². The molecule has 1 aromatic rings. The van der Waals surface area contributed by atoms with Gasteiger partial charge in [0.1, 0.15) is 18.1 Å². The average Bonchev–Trinajstić information content (AvgIpc) is 2.80. The van der Waals surface area contributed by atoms with Crippen molar-refractivity contribution in [2.75, 3.05) is 12.0 Å². The second-order valence-electron chi connectivity index (χ2n) is 7.87. The van der Waals surface area contributed by atoms with Crippen molar-refractivity contribution < 1.29 is 39.0 Å². The highest BCUT2D eigenvalue weighted by molar-refractivity contribution is 7.98. The van der Waals surface area contributed by atoms with Crippen molar-refractivity contribution in [1.82, 2.24) is 16.0 Å². The zero-order valence-corrected chi connectivity index (χ0v) is 20.5. The molecule has 0 fully saturated rings. The third kappa shape index (κ3) is 11.2. The monoisotopic (exact) mass is 525 g/mol. The number of nitrogens with one attached hydrogen (secondary N) is 3. The molecule has 14 heteroatoms. The minimum Gasteiger partial charge on any atom is -0.481 e. The fourth-order valence-corrected chi connectivity index (χ4v) is 3.55. The summed E-state index contributed by atoms with van der Waals surface area (Å²) in [6.45, 7) is 0. The van der Waals surface area contributed by atoms with Crippen molar-refractivity contribution in [2.24, 2.45) is 11.5 Å². The third-order valence-electron chi connectivity index (χ3n) is 4.91. The highest BCUT2D eigenvalue weighted by Crippen LogP contribution is 2.06. The van der Waals surface area contributed by atoms with E-state index in [4.69, 9.17) is 21.7 Å². The van der Waals surface area contributed by atoms with E-state index >= 15 is 0 Å². The van der Waals surface area contributed by atoms with Crippen LogP contribution in [0.2, 0.25) is 0 Å². The summed E-state index contributed by atoms with van der Waals surface area (Å²) in [5.74, 6) is -6.17. The number of amides is 4. The molecule has 1 aromatic carbocycles. The Kier molecular flexibility index (Phi) is 13.0. The summed E-state index contributed by atoms with van der Waals surface area (Å²) in [5, 5.41) is 24.8. The summed E-state index contributed by atoms with van der Waals surface area (Å²) in [6.07, 6.45) is 0.558. The molecule has 198 valence electrons. The number of rotatable bonds is 16. The van der Waals surface area contributed by atoms with Crippen LogP contribution in [0.4, 0.5) is 0 Å². The minimum absolute atomic E-state index is 0.165. The molecule has 0 bridgehead atoms. The molecule has 4 amide bonds. The van der Waals surface area contributed by atoms with Gasteiger partial charge in [-0.15, -0.1) is 0 Å². The molecule has 0 radical (unpaired) electrons. The second-order valence-corrected chi connectivity index (χ2v) is 8.85. The summed E-state index contributed by atoms with van der Waals surface area (Å²) < 4.78 is 0. The smallest absolute Gasteiger partial charge is 0.326 e. The first kappa shape index (κ1) is 30.4. The van der Waals surface area contributed by atoms with Crippen LogP contribution in [0, 0.1) is 0 Å². The van der Waals surface area contributed by atoms with Crippen LogP contribution in [0.1, 0.15) is 24.8 Å². The van der Waals surface area contributed by atoms with Gasteiger partial charge < -0.3 is 37.6 Å². The lowest BCUT2D eigenvalue weighted by Crippen LogP contribution is -2.58. The number of benzene rings is 1. The maximum absolute atomic E-state index is 12.9. The maximum atomic E-state index is 12.9. The van der Waals surface area contributed by atoms with Gasteiger partial charge in [0.25, 0.3) is 0 Å². The Morgan fingerprint density at radius 3 is 1.94 bits per heavy atom. The van der Waals surface area contributed by atoms with Gasteiger partial charge in [0.05, 0.1) is 18.9 Å². The Bertz CT molecular complexity index is 946. The van der Waals surface area contributed by atoms with Crippen molar-refractivity contribution in [3.8, 4) is 0 Å². The van der Waals surface area contributed by atoms with Crippen LogP contribution in [0.25, 0.3) is 0 Å². The highest BCUT2D eigenvalue weighted by Gasteiger charge is 2.31. The van der Waals surface area contributed by atoms with Gasteiger partial charge in [-0.2, -0.15) is 11.8 Å². The quantitative estimate of drug-likeness (QED) is 0.128. The first-order valence-corrected chi connectivity index (χ1v) is 12.3. The van der Waals surface area contributed by atoms with Crippen molar-refractivity contribution in [3.63, 3.8) is 0 Å². The Labute approximate surface area is 211 Å². The van der Waals surface area contributed by atoms with E-state index in [1.54, 1.807) is 30.5 Å². The number of carboxylic acid groups (broad SMARTS) is 2. The van der Waals surface area contributed by atoms with Crippen LogP contribution in [0.3, 0.4) is 0 Å². The Hall–Kier alpha value is -3.65. The molecule has 0 heterocycles. The average molecular weight is 526 g/mol. The van der Waals surface area contributed by atoms with Crippen molar-refractivity contribution in [2.45, 2.75) is 49.9 Å². The molecule has 36 heavy (non-hydrogen) atoms. The summed E-state index contributed by atoms with van der Waals surface area (Å²) in [7, 11) is 0. The zero-order valence-electron chi connectivity index (χ0n) is 19.6. The summed E-state index contributed by atoms with van der Waals surface area (Å²) in [5.41, 5.74) is 12.0. The van der Waals surface area contributed by atoms with Gasteiger partial charge in [0, 0.05) is 0 Å². The van der Waals surface area contributed by atoms with Crippen LogP contribution >= 0.6 is 11.8 Å². The molecule has 0 saturated carbocycles. The zero-order chi connectivity index (χ0) is 27.3. The van der Waals surface area contributed by atoms with Gasteiger partial charge in [0.2, 0.25) is 23.6 Å². The summed E-state index contributed by atoms with van der Waals surface area (Å²) >= 11 is 1.40. The van der Waals surface area contributed by atoms with Crippen LogP contribution in [-0.4, -0.2) is 82.0 Å². The number of carbonyl (C=O) groups excluding carboxylic acids is 4. The maximum Gasteiger partial charge on any atom is 0.326 e. The fourth-order valence-electron chi connectivity index (χ4n) is 3.07. The largest absolute Gasteiger partial charge is 0.481 e. The van der Waals surface area contributed by atoms with Gasteiger partial charge in [-0.1, -0.05) is 30.3 Å². The van der Waals surface area contributed by atoms with Gasteiger partial charge in [-0.05, 0) is 30.4 Å². The number of hydrogen-bond acceptors (Lipinski definition) is 8. The number of primary amides is 1. The molecule has 0 aliphatic heterocycles. The lowest BCUT2D eigenvalue weighted by Gasteiger charge is -2.24. The topological polar surface area (TPSA) is 231 Å². The molecule has 0 spiro atoms. The van der Waals surface area contributed by atoms with Crippen molar-refractivity contribution in [1.29, 1.82) is 0 Å². The molecule has 13 nitrogen and oxygen atoms in total. The third-order valence-corrected chi connectivity index (χ3v) is 5.55. The van der Waals surface area contributed by atoms with E-state index in [2.05, 4.69) is 10.6 Å². The van der Waals surface area contributed by atoms with Gasteiger partial charge in [0.15, 0.2) is 0 Å². The lowest BCUT2D eigenvalue weighted by atomic mass is 10.1. The Morgan fingerprint density at radius 2 is 1.42 bits per heavy atom. The lowest BCUT2D eigenvalue weighted by molar-refractivity contribution is -0.147. The van der Waals surface area contributed by atoms with E-state index in [0.717, 1.165) is 5.56 Å². The number of carbonyl (C=O) groups is 6. The van der Waals surface area contributed by atoms with Gasteiger partial charge >= 0.3 is 11.9 Å². The van der Waals surface area contributed by atoms with Gasteiger partial charge in [-0.25, -0.2) is 4.79 Å². The molecular weight excluding hydrogens is 494 g/mol. The Balaban J connectivity index is 2.95. The number of carboxylic acids is 2. The van der Waals surface area contributed by atoms with Crippen LogP contribution in [0.5, 0.6) is 0 Å². The molecule has 4 unspecified atom stereocenters. The first-order valence-electron chi connectivity index (χ1n) is 10.9. The molecule has 9 N–H and O–H groups in total. The Morgan fingerprint density at radius 1 is 0.861 bits per heavy atom. The van der Waals surface area contributed by atoms with E-state index in [1.165, 1.54) is 11.8 Å². The minimum atomic E-state index is -1.80. The number of hydrogen-bond donors (Lipinski definition) is 7. The normalized spacial score (nSPS) is 13.9. The standard InChI is InChI=1S/C22H31N5O8S/c1-36-8-7-14(25-19(31)13(23)9-12-5-3-2-4-6-12)20(32)26-15(10-17(24)28)21(33)27-16(22(34)35)11-18(29)30/h2-6,13-16H,7-11,23H2,1H3,(H2,24,28)(H,25,31)(H,26,32)(H,27,33)(H,29,30)(H,34,35). The summed E-state index contributed by atoms with van der Waals surface area (Å²) in [4.78, 5) is 71.8. The number of thioether (sulfide) groups is 1. The van der Waals surface area contributed by atoms with Crippen molar-refractivity contribution >= 4 is 47.3 Å². The van der Waals surface area contributed by atoms with E-state index < -0.39 is 72.6 Å². The number of aliphatic carboxylic acids is 2. The van der Waals surface area contributed by atoms with E-state index in [-0.39, 0.29) is 12.8 Å². The van der Waals surface area contributed by atoms with Crippen molar-refractivity contribution in [3.05, 3.63) is 35.9 Å². The SMILES string of the molecule is CSCCC(NC(=O)C(N)Cc1ccccc1)C(=O)NC(CC(N)=O)C(=O)NC(CC(=O)O)C(=O)O. The second kappa shape index (κ2) is 15.4. The fraction of sp³-hybridized carbons (Fsp3) is 0.455. The number of nitrogens with two attached hydrogens (primary N) is 2.